The summed E-state index contributed by atoms with van der Waals surface area (Å²) in [7, 11) is 1.64. The van der Waals surface area contributed by atoms with Crippen molar-refractivity contribution in [2.45, 2.75) is 13.5 Å². The topological polar surface area (TPSA) is 56.2 Å². The Labute approximate surface area is 184 Å². The van der Waals surface area contributed by atoms with E-state index in [1.165, 1.54) is 0 Å². The van der Waals surface area contributed by atoms with Crippen molar-refractivity contribution in [2.24, 2.45) is 0 Å². The number of carbonyl (C=O) groups is 1. The number of esters is 1. The normalized spacial score (nSPS) is 11.5. The first-order chi connectivity index (χ1) is 15.1. The number of methoxy groups -OCH3 is 1. The van der Waals surface area contributed by atoms with Gasteiger partial charge in [0.15, 0.2) is 0 Å². The first kappa shape index (κ1) is 19.5. The van der Waals surface area contributed by atoms with Crippen molar-refractivity contribution in [3.05, 3.63) is 76.9 Å². The lowest BCUT2D eigenvalue weighted by Gasteiger charge is -2.11. The second-order valence-corrected chi connectivity index (χ2v) is 7.80. The third-order valence-electron chi connectivity index (χ3n) is 5.59. The molecule has 1 N–H and O–H groups in total. The van der Waals surface area contributed by atoms with Gasteiger partial charge in [-0.2, -0.15) is 0 Å². The molecule has 156 valence electrons. The van der Waals surface area contributed by atoms with E-state index in [0.717, 1.165) is 44.0 Å². The SMILES string of the molecule is CCOC(=O)c1cc2ccc3c([nH]c4cccc(Cl)c43)c2n1Cc1ccc(OC)cc1. The zero-order chi connectivity index (χ0) is 21.5. The lowest BCUT2D eigenvalue weighted by Crippen LogP contribution is -2.13. The third kappa shape index (κ3) is 3.22. The first-order valence-corrected chi connectivity index (χ1v) is 10.5. The summed E-state index contributed by atoms with van der Waals surface area (Å²) in [5, 5.41) is 3.67. The average molecular weight is 433 g/mol. The van der Waals surface area contributed by atoms with Crippen LogP contribution in [0.1, 0.15) is 23.0 Å². The molecule has 6 heteroatoms. The molecule has 0 bridgehead atoms. The minimum atomic E-state index is -0.338. The first-order valence-electron chi connectivity index (χ1n) is 10.1. The van der Waals surface area contributed by atoms with Crippen molar-refractivity contribution in [2.75, 3.05) is 13.7 Å². The van der Waals surface area contributed by atoms with E-state index in [1.807, 2.05) is 66.1 Å². The van der Waals surface area contributed by atoms with Gasteiger partial charge in [0.25, 0.3) is 0 Å². The van der Waals surface area contributed by atoms with Crippen LogP contribution in [0.3, 0.4) is 0 Å². The van der Waals surface area contributed by atoms with Gasteiger partial charge in [0.2, 0.25) is 0 Å². The van der Waals surface area contributed by atoms with Crippen LogP contribution < -0.4 is 4.74 Å². The number of ether oxygens (including phenoxy) is 2. The van der Waals surface area contributed by atoms with Crippen molar-refractivity contribution in [3.8, 4) is 5.75 Å². The molecule has 0 amide bonds. The van der Waals surface area contributed by atoms with Crippen molar-refractivity contribution in [3.63, 3.8) is 0 Å². The molecule has 31 heavy (non-hydrogen) atoms. The van der Waals surface area contributed by atoms with Gasteiger partial charge >= 0.3 is 5.97 Å². The molecule has 2 heterocycles. The monoisotopic (exact) mass is 432 g/mol. The molecule has 5 nitrogen and oxygen atoms in total. The Morgan fingerprint density at radius 2 is 1.90 bits per heavy atom. The lowest BCUT2D eigenvalue weighted by molar-refractivity contribution is 0.0515. The van der Waals surface area contributed by atoms with E-state index in [-0.39, 0.29) is 5.97 Å². The smallest absolute Gasteiger partial charge is 0.354 e. The fraction of sp³-hybridized carbons (Fsp3) is 0.160. The largest absolute Gasteiger partial charge is 0.497 e. The summed E-state index contributed by atoms with van der Waals surface area (Å²) in [6.07, 6.45) is 0. The van der Waals surface area contributed by atoms with E-state index >= 15 is 0 Å². The Bertz CT molecular complexity index is 1430. The van der Waals surface area contributed by atoms with Gasteiger partial charge in [-0.25, -0.2) is 4.79 Å². The number of fused-ring (bicyclic) bond motifs is 5. The number of aromatic amines is 1. The van der Waals surface area contributed by atoms with Crippen molar-refractivity contribution < 1.29 is 14.3 Å². The fourth-order valence-electron chi connectivity index (χ4n) is 4.18. The number of hydrogen-bond acceptors (Lipinski definition) is 3. The van der Waals surface area contributed by atoms with E-state index in [0.29, 0.717) is 23.9 Å². The van der Waals surface area contributed by atoms with Crippen molar-refractivity contribution in [1.82, 2.24) is 9.55 Å². The summed E-state index contributed by atoms with van der Waals surface area (Å²) in [6, 6.07) is 19.6. The number of benzene rings is 3. The second kappa shape index (κ2) is 7.67. The summed E-state index contributed by atoms with van der Waals surface area (Å²) in [5.41, 5.74) is 4.43. The molecular weight excluding hydrogens is 412 g/mol. The Morgan fingerprint density at radius 1 is 1.10 bits per heavy atom. The number of nitrogens with one attached hydrogen (secondary N) is 1. The number of H-pyrrole nitrogens is 1. The molecule has 0 unspecified atom stereocenters. The summed E-state index contributed by atoms with van der Waals surface area (Å²) in [6.45, 7) is 2.65. The molecular formula is C25H21ClN2O3. The van der Waals surface area contributed by atoms with Crippen LogP contribution in [0.4, 0.5) is 0 Å². The molecule has 3 aromatic carbocycles. The number of hydrogen-bond donors (Lipinski definition) is 1. The van der Waals surface area contributed by atoms with Gasteiger partial charge in [0.05, 0.1) is 29.8 Å². The number of carbonyl (C=O) groups excluding carboxylic acids is 1. The predicted octanol–water partition coefficient (Wildman–Crippen LogP) is 6.16. The van der Waals surface area contributed by atoms with Crippen LogP contribution in [0.15, 0.2) is 60.7 Å². The second-order valence-electron chi connectivity index (χ2n) is 7.40. The maximum Gasteiger partial charge on any atom is 0.354 e. The molecule has 5 aromatic rings. The minimum Gasteiger partial charge on any atom is -0.497 e. The molecule has 0 aliphatic carbocycles. The number of rotatable bonds is 5. The highest BCUT2D eigenvalue weighted by molar-refractivity contribution is 6.38. The summed E-state index contributed by atoms with van der Waals surface area (Å²) in [4.78, 5) is 16.3. The molecule has 0 atom stereocenters. The van der Waals surface area contributed by atoms with Gasteiger partial charge in [-0.3, -0.25) is 0 Å². The Kier molecular flexibility index (Phi) is 4.83. The molecule has 0 aliphatic heterocycles. The standard InChI is InChI=1S/C25H21ClN2O3/c1-3-31-25(29)21-13-16-9-12-18-22-19(26)5-4-6-20(22)27-23(18)24(16)28(21)14-15-7-10-17(30-2)11-8-15/h4-13,27H,3,14H2,1-2H3. The molecule has 0 fully saturated rings. The molecule has 0 aliphatic rings. The van der Waals surface area contributed by atoms with Crippen molar-refractivity contribution >= 4 is 50.3 Å². The molecule has 5 rings (SSSR count). The van der Waals surface area contributed by atoms with E-state index in [1.54, 1.807) is 7.11 Å². The molecule has 0 radical (unpaired) electrons. The van der Waals surface area contributed by atoms with E-state index in [4.69, 9.17) is 21.1 Å². The van der Waals surface area contributed by atoms with E-state index in [9.17, 15) is 4.79 Å². The lowest BCUT2D eigenvalue weighted by atomic mass is 10.1. The van der Waals surface area contributed by atoms with Crippen LogP contribution >= 0.6 is 11.6 Å². The maximum atomic E-state index is 12.8. The minimum absolute atomic E-state index is 0.320. The highest BCUT2D eigenvalue weighted by Gasteiger charge is 2.20. The van der Waals surface area contributed by atoms with Gasteiger partial charge < -0.3 is 19.0 Å². The van der Waals surface area contributed by atoms with Crippen LogP contribution in [0.2, 0.25) is 5.02 Å². The summed E-state index contributed by atoms with van der Waals surface area (Å²) in [5.74, 6) is 0.453. The van der Waals surface area contributed by atoms with Crippen LogP contribution in [0.5, 0.6) is 5.75 Å². The zero-order valence-corrected chi connectivity index (χ0v) is 18.0. The Morgan fingerprint density at radius 3 is 2.65 bits per heavy atom. The van der Waals surface area contributed by atoms with E-state index < -0.39 is 0 Å². The van der Waals surface area contributed by atoms with Crippen LogP contribution in [0.25, 0.3) is 32.7 Å². The third-order valence-corrected chi connectivity index (χ3v) is 5.90. The number of nitrogens with zero attached hydrogens (tertiary/aromatic N) is 1. The van der Waals surface area contributed by atoms with Gasteiger partial charge in [-0.05, 0) is 42.8 Å². The van der Waals surface area contributed by atoms with Gasteiger partial charge in [-0.15, -0.1) is 0 Å². The Hall–Kier alpha value is -3.44. The highest BCUT2D eigenvalue weighted by atomic mass is 35.5. The number of aromatic nitrogens is 2. The predicted molar refractivity (Wildman–Crippen MR) is 124 cm³/mol. The molecule has 0 saturated carbocycles. The van der Waals surface area contributed by atoms with Gasteiger partial charge in [0, 0.05) is 28.2 Å². The van der Waals surface area contributed by atoms with Crippen LogP contribution in [-0.2, 0) is 11.3 Å². The molecule has 0 spiro atoms. The quantitative estimate of drug-likeness (QED) is 0.338. The zero-order valence-electron chi connectivity index (χ0n) is 17.2. The van der Waals surface area contributed by atoms with Crippen LogP contribution in [-0.4, -0.2) is 29.2 Å². The molecule has 2 aromatic heterocycles. The van der Waals surface area contributed by atoms with Crippen molar-refractivity contribution in [1.29, 1.82) is 0 Å². The van der Waals surface area contributed by atoms with E-state index in [2.05, 4.69) is 11.1 Å². The maximum absolute atomic E-state index is 12.8. The Balaban J connectivity index is 1.78. The highest BCUT2D eigenvalue weighted by Crippen LogP contribution is 2.36. The van der Waals surface area contributed by atoms with Gasteiger partial charge in [0.1, 0.15) is 11.4 Å². The number of halogens is 1. The van der Waals surface area contributed by atoms with Crippen LogP contribution in [0, 0.1) is 0 Å². The summed E-state index contributed by atoms with van der Waals surface area (Å²) >= 11 is 6.51. The molecule has 0 saturated heterocycles. The summed E-state index contributed by atoms with van der Waals surface area (Å²) < 4.78 is 12.6. The average Bonchev–Trinajstić information content (AvgIpc) is 3.33. The fourth-order valence-corrected chi connectivity index (χ4v) is 4.46. The van der Waals surface area contributed by atoms with Gasteiger partial charge in [-0.1, -0.05) is 41.9 Å².